The number of carboxylic acid groups (broad SMARTS) is 1. The minimum absolute atomic E-state index is 0.0193. The van der Waals surface area contributed by atoms with Crippen molar-refractivity contribution < 1.29 is 24.2 Å². The van der Waals surface area contributed by atoms with Crippen LogP contribution in [0.5, 0.6) is 5.75 Å². The molecule has 8 heteroatoms. The van der Waals surface area contributed by atoms with Crippen LogP contribution in [0.1, 0.15) is 31.3 Å². The minimum atomic E-state index is -1.03. The van der Waals surface area contributed by atoms with Crippen LogP contribution in [-0.4, -0.2) is 34.9 Å². The lowest BCUT2D eigenvalue weighted by molar-refractivity contribution is 0.0634. The van der Waals surface area contributed by atoms with Crippen LogP contribution in [0.15, 0.2) is 66.9 Å². The van der Waals surface area contributed by atoms with Crippen molar-refractivity contribution in [2.24, 2.45) is 0 Å². The molecule has 1 heterocycles. The Balaban J connectivity index is 0.000000278. The summed E-state index contributed by atoms with van der Waals surface area (Å²) in [4.78, 5) is 25.7. The largest absolute Gasteiger partial charge is 0.495 e. The Hall–Kier alpha value is -4.07. The van der Waals surface area contributed by atoms with Gasteiger partial charge in [-0.25, -0.2) is 14.6 Å². The summed E-state index contributed by atoms with van der Waals surface area (Å²) in [6, 6.07) is 18.4. The van der Waals surface area contributed by atoms with Crippen molar-refractivity contribution in [2.45, 2.75) is 26.4 Å². The van der Waals surface area contributed by atoms with Gasteiger partial charge in [-0.3, -0.25) is 5.32 Å². The number of methoxy groups -OCH3 is 1. The number of aromatic carboxylic acids is 1. The molecule has 0 aliphatic rings. The summed E-state index contributed by atoms with van der Waals surface area (Å²) in [5.41, 5.74) is 8.61. The third-order valence-corrected chi connectivity index (χ3v) is 3.99. The van der Waals surface area contributed by atoms with E-state index in [0.717, 1.165) is 11.1 Å². The van der Waals surface area contributed by atoms with Gasteiger partial charge in [-0.1, -0.05) is 36.4 Å². The number of nitrogens with zero attached hydrogens (tertiary/aromatic N) is 1. The zero-order valence-corrected chi connectivity index (χ0v) is 18.5. The number of hydrogen-bond donors (Lipinski definition) is 3. The Morgan fingerprint density at radius 1 is 1.00 bits per heavy atom. The molecular weight excluding hydrogens is 410 g/mol. The highest BCUT2D eigenvalue weighted by atomic mass is 16.6. The Morgan fingerprint density at radius 3 is 2.19 bits per heavy atom. The average Bonchev–Trinajstić information content (AvgIpc) is 2.75. The summed E-state index contributed by atoms with van der Waals surface area (Å²) in [5.74, 6) is -0.484. The maximum absolute atomic E-state index is 11.7. The first kappa shape index (κ1) is 24.2. The summed E-state index contributed by atoms with van der Waals surface area (Å²) < 4.78 is 10.00. The van der Waals surface area contributed by atoms with Crippen LogP contribution in [0.3, 0.4) is 0 Å². The number of hydrogen-bond acceptors (Lipinski definition) is 6. The Bertz CT molecular complexity index is 1050. The van der Waals surface area contributed by atoms with E-state index in [1.165, 1.54) is 19.4 Å². The number of anilines is 2. The molecular formula is C24H27N3O5. The number of carboxylic acids is 1. The zero-order valence-electron chi connectivity index (χ0n) is 18.5. The van der Waals surface area contributed by atoms with Gasteiger partial charge in [-0.05, 0) is 56.2 Å². The summed E-state index contributed by atoms with van der Waals surface area (Å²) in [6.07, 6.45) is 0.852. The van der Waals surface area contributed by atoms with Gasteiger partial charge in [0.05, 0.1) is 24.7 Å². The molecule has 3 aromatic rings. The minimum Gasteiger partial charge on any atom is -0.495 e. The van der Waals surface area contributed by atoms with E-state index in [4.69, 9.17) is 20.3 Å². The molecule has 32 heavy (non-hydrogen) atoms. The number of aromatic nitrogens is 1. The average molecular weight is 437 g/mol. The van der Waals surface area contributed by atoms with E-state index in [0.29, 0.717) is 17.1 Å². The molecule has 0 saturated carbocycles. The SMILES string of the molecule is CC(C)(C)OC(=O)Nc1ccc(-c2ccccc2)cc1N.COc1ccc(C(=O)O)nc1. The van der Waals surface area contributed by atoms with Gasteiger partial charge >= 0.3 is 12.1 Å². The Labute approximate surface area is 187 Å². The van der Waals surface area contributed by atoms with E-state index in [9.17, 15) is 9.59 Å². The van der Waals surface area contributed by atoms with Gasteiger partial charge in [0.1, 0.15) is 17.0 Å². The van der Waals surface area contributed by atoms with Gasteiger partial charge in [-0.2, -0.15) is 0 Å². The van der Waals surface area contributed by atoms with Crippen LogP contribution in [0.25, 0.3) is 11.1 Å². The van der Waals surface area contributed by atoms with Crippen LogP contribution in [-0.2, 0) is 4.74 Å². The Kier molecular flexibility index (Phi) is 8.17. The summed E-state index contributed by atoms with van der Waals surface area (Å²) in [5, 5.41) is 11.1. The standard InChI is InChI=1S/C17H20N2O2.C7H7NO3/c1-17(2,3)21-16(20)19-15-10-9-13(11-14(15)18)12-7-5-4-6-8-12;1-11-5-2-3-6(7(9)10)8-4-5/h4-11H,18H2,1-3H3,(H,19,20);2-4H,1H3,(H,9,10). The van der Waals surface area contributed by atoms with Crippen molar-refractivity contribution in [3.63, 3.8) is 0 Å². The van der Waals surface area contributed by atoms with Gasteiger partial charge in [0.25, 0.3) is 0 Å². The van der Waals surface area contributed by atoms with E-state index in [1.807, 2.05) is 63.2 Å². The topological polar surface area (TPSA) is 124 Å². The summed E-state index contributed by atoms with van der Waals surface area (Å²) >= 11 is 0. The first-order chi connectivity index (χ1) is 15.1. The second kappa shape index (κ2) is 10.8. The first-order valence-electron chi connectivity index (χ1n) is 9.77. The Morgan fingerprint density at radius 2 is 1.69 bits per heavy atom. The molecule has 0 spiro atoms. The molecule has 0 bridgehead atoms. The van der Waals surface area contributed by atoms with E-state index >= 15 is 0 Å². The molecule has 0 aliphatic carbocycles. The number of pyridine rings is 1. The van der Waals surface area contributed by atoms with E-state index in [-0.39, 0.29) is 5.69 Å². The predicted octanol–water partition coefficient (Wildman–Crippen LogP) is 5.07. The maximum Gasteiger partial charge on any atom is 0.412 e. The van der Waals surface area contributed by atoms with Gasteiger partial charge in [-0.15, -0.1) is 0 Å². The molecule has 0 saturated heterocycles. The zero-order chi connectivity index (χ0) is 23.7. The number of rotatable bonds is 4. The van der Waals surface area contributed by atoms with Crippen molar-refractivity contribution in [1.82, 2.24) is 4.98 Å². The van der Waals surface area contributed by atoms with Gasteiger partial charge in [0.15, 0.2) is 0 Å². The van der Waals surface area contributed by atoms with Crippen LogP contribution in [0.4, 0.5) is 16.2 Å². The van der Waals surface area contributed by atoms with Gasteiger partial charge < -0.3 is 20.3 Å². The van der Waals surface area contributed by atoms with Gasteiger partial charge in [0.2, 0.25) is 0 Å². The number of nitrogens with one attached hydrogen (secondary N) is 1. The molecule has 2 aromatic carbocycles. The van der Waals surface area contributed by atoms with E-state index in [2.05, 4.69) is 10.3 Å². The second-order valence-corrected chi connectivity index (χ2v) is 7.68. The number of amides is 1. The number of carbonyl (C=O) groups is 2. The fraction of sp³-hybridized carbons (Fsp3) is 0.208. The molecule has 0 aliphatic heterocycles. The number of ether oxygens (including phenoxy) is 2. The van der Waals surface area contributed by atoms with Crippen LogP contribution < -0.4 is 15.8 Å². The predicted molar refractivity (Wildman–Crippen MR) is 124 cm³/mol. The number of benzene rings is 2. The molecule has 0 atom stereocenters. The molecule has 168 valence electrons. The van der Waals surface area contributed by atoms with Gasteiger partial charge in [0, 0.05) is 0 Å². The lowest BCUT2D eigenvalue weighted by Crippen LogP contribution is -2.27. The third kappa shape index (κ3) is 7.64. The molecule has 0 unspecified atom stereocenters. The van der Waals surface area contributed by atoms with E-state index < -0.39 is 17.7 Å². The lowest BCUT2D eigenvalue weighted by Gasteiger charge is -2.20. The summed E-state index contributed by atoms with van der Waals surface area (Å²) in [6.45, 7) is 5.44. The van der Waals surface area contributed by atoms with Crippen molar-refractivity contribution in [2.75, 3.05) is 18.2 Å². The molecule has 0 fully saturated rings. The molecule has 1 aromatic heterocycles. The lowest BCUT2D eigenvalue weighted by atomic mass is 10.0. The molecule has 8 nitrogen and oxygen atoms in total. The highest BCUT2D eigenvalue weighted by molar-refractivity contribution is 5.90. The van der Waals surface area contributed by atoms with Crippen molar-refractivity contribution >= 4 is 23.4 Å². The highest BCUT2D eigenvalue weighted by Crippen LogP contribution is 2.27. The van der Waals surface area contributed by atoms with Crippen LogP contribution in [0, 0.1) is 0 Å². The smallest absolute Gasteiger partial charge is 0.412 e. The van der Waals surface area contributed by atoms with Crippen LogP contribution in [0.2, 0.25) is 0 Å². The monoisotopic (exact) mass is 437 g/mol. The fourth-order valence-electron chi connectivity index (χ4n) is 2.53. The molecule has 1 amide bonds. The third-order valence-electron chi connectivity index (χ3n) is 3.99. The number of nitrogen functional groups attached to an aromatic ring is 1. The number of nitrogens with two attached hydrogens (primary N) is 1. The summed E-state index contributed by atoms with van der Waals surface area (Å²) in [7, 11) is 1.50. The molecule has 3 rings (SSSR count). The quantitative estimate of drug-likeness (QED) is 0.487. The van der Waals surface area contributed by atoms with E-state index in [1.54, 1.807) is 12.1 Å². The molecule has 4 N–H and O–H groups in total. The second-order valence-electron chi connectivity index (χ2n) is 7.68. The maximum atomic E-state index is 11.7. The van der Waals surface area contributed by atoms with Crippen molar-refractivity contribution in [3.8, 4) is 16.9 Å². The van der Waals surface area contributed by atoms with Crippen LogP contribution >= 0.6 is 0 Å². The van der Waals surface area contributed by atoms with Crippen molar-refractivity contribution in [3.05, 3.63) is 72.6 Å². The first-order valence-corrected chi connectivity index (χ1v) is 9.77. The highest BCUT2D eigenvalue weighted by Gasteiger charge is 2.17. The van der Waals surface area contributed by atoms with Crippen molar-refractivity contribution in [1.29, 1.82) is 0 Å². The molecule has 0 radical (unpaired) electrons. The number of carbonyl (C=O) groups excluding carboxylic acids is 1. The fourth-order valence-corrected chi connectivity index (χ4v) is 2.53. The normalized spacial score (nSPS) is 10.4.